The Balaban J connectivity index is 1.56. The summed E-state index contributed by atoms with van der Waals surface area (Å²) in [6, 6.07) is 13.8. The summed E-state index contributed by atoms with van der Waals surface area (Å²) in [5.74, 6) is 2.19. The first-order valence-electron chi connectivity index (χ1n) is 13.9. The molecular formula is C29H48Si. The lowest BCUT2D eigenvalue weighted by atomic mass is 9.82. The second-order valence-corrected chi connectivity index (χ2v) is 15.9. The van der Waals surface area contributed by atoms with Gasteiger partial charge in [0, 0.05) is 0 Å². The Labute approximate surface area is 188 Å². The average molecular weight is 425 g/mol. The number of rotatable bonds is 11. The first-order chi connectivity index (χ1) is 14.9. The van der Waals surface area contributed by atoms with E-state index in [0.29, 0.717) is 0 Å². The third kappa shape index (κ3) is 4.92. The van der Waals surface area contributed by atoms with Gasteiger partial charge in [-0.15, -0.1) is 0 Å². The van der Waals surface area contributed by atoms with E-state index in [1.807, 2.05) is 5.19 Å². The summed E-state index contributed by atoms with van der Waals surface area (Å²) in [7, 11) is -1.49. The van der Waals surface area contributed by atoms with Gasteiger partial charge >= 0.3 is 0 Å². The summed E-state index contributed by atoms with van der Waals surface area (Å²) < 4.78 is 0. The maximum absolute atomic E-state index is 2.60. The summed E-state index contributed by atoms with van der Waals surface area (Å²) >= 11 is 0. The van der Waals surface area contributed by atoms with E-state index < -0.39 is 8.07 Å². The lowest BCUT2D eigenvalue weighted by Crippen LogP contribution is -2.56. The van der Waals surface area contributed by atoms with Crippen molar-refractivity contribution in [3.05, 3.63) is 30.3 Å². The molecule has 0 amide bonds. The van der Waals surface area contributed by atoms with Gasteiger partial charge in [0.2, 0.25) is 0 Å². The second-order valence-electron chi connectivity index (χ2n) is 11.2. The Morgan fingerprint density at radius 1 is 0.700 bits per heavy atom. The predicted octanol–water partition coefficient (Wildman–Crippen LogP) is 9.01. The second kappa shape index (κ2) is 11.3. The Morgan fingerprint density at radius 2 is 1.37 bits per heavy atom. The van der Waals surface area contributed by atoms with Crippen LogP contribution in [-0.2, 0) is 0 Å². The van der Waals surface area contributed by atoms with E-state index in [9.17, 15) is 0 Å². The van der Waals surface area contributed by atoms with Gasteiger partial charge in [-0.1, -0.05) is 158 Å². The van der Waals surface area contributed by atoms with E-state index in [1.54, 1.807) is 44.6 Å². The van der Waals surface area contributed by atoms with Crippen molar-refractivity contribution in [2.45, 2.75) is 133 Å². The molecular weight excluding hydrogens is 376 g/mol. The van der Waals surface area contributed by atoms with Crippen LogP contribution >= 0.6 is 0 Å². The van der Waals surface area contributed by atoms with E-state index in [0.717, 1.165) is 22.9 Å². The fourth-order valence-electron chi connectivity index (χ4n) is 8.22. The van der Waals surface area contributed by atoms with Gasteiger partial charge in [-0.25, -0.2) is 0 Å². The monoisotopic (exact) mass is 424 g/mol. The van der Waals surface area contributed by atoms with Gasteiger partial charge in [-0.05, 0) is 22.9 Å². The van der Waals surface area contributed by atoms with Gasteiger partial charge in [-0.3, -0.25) is 0 Å². The molecule has 0 radical (unpaired) electrons. The van der Waals surface area contributed by atoms with E-state index in [4.69, 9.17) is 0 Å². The fraction of sp³-hybridized carbons (Fsp3) is 0.793. The first-order valence-corrected chi connectivity index (χ1v) is 16.3. The smallest absolute Gasteiger partial charge is 0.0654 e. The zero-order valence-corrected chi connectivity index (χ0v) is 20.9. The molecule has 4 atom stereocenters. The molecule has 3 saturated carbocycles. The number of unbranched alkanes of at least 4 members (excludes halogenated alkanes) is 6. The molecule has 4 rings (SSSR count). The maximum atomic E-state index is 2.60. The van der Waals surface area contributed by atoms with Crippen LogP contribution in [0.25, 0.3) is 0 Å². The third-order valence-electron chi connectivity index (χ3n) is 9.58. The van der Waals surface area contributed by atoms with Gasteiger partial charge in [0.15, 0.2) is 0 Å². The van der Waals surface area contributed by atoms with Crippen molar-refractivity contribution < 1.29 is 0 Å². The lowest BCUT2D eigenvalue weighted by Gasteiger charge is -2.47. The van der Waals surface area contributed by atoms with Crippen molar-refractivity contribution in [1.29, 1.82) is 0 Å². The summed E-state index contributed by atoms with van der Waals surface area (Å²) in [5.41, 5.74) is 2.19. The molecule has 0 bridgehead atoms. The normalized spacial score (nSPS) is 29.0. The van der Waals surface area contributed by atoms with Crippen LogP contribution in [0.15, 0.2) is 30.3 Å². The molecule has 30 heavy (non-hydrogen) atoms. The molecule has 1 heteroatoms. The van der Waals surface area contributed by atoms with Crippen LogP contribution in [0, 0.1) is 11.8 Å². The van der Waals surface area contributed by atoms with E-state index in [1.165, 1.54) is 70.6 Å². The zero-order chi connectivity index (χ0) is 20.7. The largest absolute Gasteiger partial charge is 0.0930 e. The van der Waals surface area contributed by atoms with Crippen molar-refractivity contribution in [3.8, 4) is 0 Å². The van der Waals surface area contributed by atoms with Crippen LogP contribution in [0.1, 0.15) is 116 Å². The van der Waals surface area contributed by atoms with Crippen LogP contribution in [0.3, 0.4) is 0 Å². The highest BCUT2D eigenvalue weighted by Crippen LogP contribution is 2.59. The highest BCUT2D eigenvalue weighted by atomic mass is 28.3. The molecule has 0 saturated heterocycles. The minimum atomic E-state index is -1.49. The van der Waals surface area contributed by atoms with Gasteiger partial charge in [0.05, 0.1) is 8.07 Å². The highest BCUT2D eigenvalue weighted by Gasteiger charge is 2.54. The summed E-state index contributed by atoms with van der Waals surface area (Å²) in [6.45, 7) is 2.33. The lowest BCUT2D eigenvalue weighted by molar-refractivity contribution is 0.274. The maximum Gasteiger partial charge on any atom is 0.0930 e. The molecule has 0 nitrogen and oxygen atoms in total. The van der Waals surface area contributed by atoms with E-state index >= 15 is 0 Å². The van der Waals surface area contributed by atoms with Crippen LogP contribution in [-0.4, -0.2) is 8.07 Å². The fourth-order valence-corrected chi connectivity index (χ4v) is 15.8. The standard InChI is InChI=1S/C29H48Si/c1-2-3-4-5-6-7-15-24-30(27-19-12-13-20-27,26-17-9-8-10-18-26)29-23-22-25-16-11-14-21-28(25)29/h8-10,17-18,25,27-29H,2-7,11-16,19-24H2,1H3/t25?,28?,29?,30-/m1/s1. The zero-order valence-electron chi connectivity index (χ0n) is 19.9. The summed E-state index contributed by atoms with van der Waals surface area (Å²) in [6.07, 6.45) is 25.8. The molecule has 0 heterocycles. The Morgan fingerprint density at radius 3 is 2.13 bits per heavy atom. The number of benzene rings is 1. The average Bonchev–Trinajstić information content (AvgIpc) is 3.48. The van der Waals surface area contributed by atoms with Gasteiger partial charge in [0.25, 0.3) is 0 Å². The van der Waals surface area contributed by atoms with Gasteiger partial charge in [0.1, 0.15) is 0 Å². The molecule has 3 unspecified atom stereocenters. The molecule has 0 spiro atoms. The molecule has 3 fully saturated rings. The molecule has 168 valence electrons. The minimum absolute atomic E-state index is 1.09. The highest BCUT2D eigenvalue weighted by molar-refractivity contribution is 6.94. The Kier molecular flexibility index (Phi) is 8.56. The SMILES string of the molecule is CCCCCCCCC[Si@@](c1ccccc1)(C1CCCC1)C1CCC2CCCCC21. The molecule has 1 aromatic carbocycles. The summed E-state index contributed by atoms with van der Waals surface area (Å²) in [4.78, 5) is 0. The third-order valence-corrected chi connectivity index (χ3v) is 16.2. The molecule has 0 N–H and O–H groups in total. The van der Waals surface area contributed by atoms with Crippen LogP contribution in [0.4, 0.5) is 0 Å². The Hall–Kier alpha value is -0.563. The quantitative estimate of drug-likeness (QED) is 0.245. The van der Waals surface area contributed by atoms with Gasteiger partial charge < -0.3 is 0 Å². The predicted molar refractivity (Wildman–Crippen MR) is 135 cm³/mol. The van der Waals surface area contributed by atoms with Crippen molar-refractivity contribution in [2.24, 2.45) is 11.8 Å². The van der Waals surface area contributed by atoms with Crippen LogP contribution in [0.5, 0.6) is 0 Å². The number of fused-ring (bicyclic) bond motifs is 1. The van der Waals surface area contributed by atoms with E-state index in [2.05, 4.69) is 37.3 Å². The number of hydrogen-bond acceptors (Lipinski definition) is 0. The van der Waals surface area contributed by atoms with Gasteiger partial charge in [-0.2, -0.15) is 0 Å². The topological polar surface area (TPSA) is 0 Å². The van der Waals surface area contributed by atoms with Crippen molar-refractivity contribution >= 4 is 13.3 Å². The molecule has 3 aliphatic carbocycles. The molecule has 3 aliphatic rings. The number of hydrogen-bond donors (Lipinski definition) is 0. The molecule has 0 aromatic heterocycles. The first kappa shape index (κ1) is 22.6. The van der Waals surface area contributed by atoms with Crippen LogP contribution in [0.2, 0.25) is 17.1 Å². The van der Waals surface area contributed by atoms with Crippen molar-refractivity contribution in [3.63, 3.8) is 0 Å². The van der Waals surface area contributed by atoms with Crippen molar-refractivity contribution in [2.75, 3.05) is 0 Å². The Bertz CT molecular complexity index is 604. The van der Waals surface area contributed by atoms with Crippen molar-refractivity contribution in [1.82, 2.24) is 0 Å². The van der Waals surface area contributed by atoms with E-state index in [-0.39, 0.29) is 0 Å². The molecule has 1 aromatic rings. The summed E-state index contributed by atoms with van der Waals surface area (Å²) in [5, 5.41) is 1.87. The van der Waals surface area contributed by atoms with Crippen LogP contribution < -0.4 is 5.19 Å². The minimum Gasteiger partial charge on any atom is -0.0654 e. The molecule has 0 aliphatic heterocycles.